The van der Waals surface area contributed by atoms with Gasteiger partial charge in [0.05, 0.1) is 11.7 Å². The first-order chi connectivity index (χ1) is 11.7. The molecule has 25 heavy (non-hydrogen) atoms. The highest BCUT2D eigenvalue weighted by atomic mass is 35.5. The van der Waals surface area contributed by atoms with Crippen LogP contribution in [0.25, 0.3) is 10.9 Å². The third kappa shape index (κ3) is 4.60. The largest absolute Gasteiger partial charge is 0.378 e. The standard InChI is InChI=1S/C18H23N3O3.ClH/c19-8-3-11-24-13-6-9-21(10-7-13)18(23)15-12-17(22)20-16-5-2-1-4-14(15)16;/h1-2,4-5,12-13H,3,6-11,19H2,(H,20,22);1H. The van der Waals surface area contributed by atoms with Crippen LogP contribution in [0.4, 0.5) is 0 Å². The van der Waals surface area contributed by atoms with Gasteiger partial charge < -0.3 is 20.4 Å². The minimum atomic E-state index is -0.253. The van der Waals surface area contributed by atoms with Crippen LogP contribution in [0.1, 0.15) is 29.6 Å². The molecule has 1 aromatic carbocycles. The predicted molar refractivity (Wildman–Crippen MR) is 100 cm³/mol. The number of halogens is 1. The molecule has 0 atom stereocenters. The zero-order valence-corrected chi connectivity index (χ0v) is 14.9. The van der Waals surface area contributed by atoms with Gasteiger partial charge in [-0.2, -0.15) is 0 Å². The summed E-state index contributed by atoms with van der Waals surface area (Å²) in [7, 11) is 0. The zero-order chi connectivity index (χ0) is 16.9. The number of nitrogens with two attached hydrogens (primary N) is 1. The lowest BCUT2D eigenvalue weighted by molar-refractivity contribution is 0.00849. The number of nitrogens with one attached hydrogen (secondary N) is 1. The average Bonchev–Trinajstić information content (AvgIpc) is 2.61. The molecule has 136 valence electrons. The SMILES string of the molecule is Cl.NCCCOC1CCN(C(=O)c2cc(=O)[nH]c3ccccc23)CC1. The Morgan fingerprint density at radius 1 is 1.28 bits per heavy atom. The molecule has 0 aliphatic carbocycles. The van der Waals surface area contributed by atoms with Crippen LogP contribution < -0.4 is 11.3 Å². The number of hydrogen-bond acceptors (Lipinski definition) is 4. The van der Waals surface area contributed by atoms with Gasteiger partial charge in [-0.3, -0.25) is 9.59 Å². The molecule has 2 heterocycles. The van der Waals surface area contributed by atoms with Crippen LogP contribution in [0.3, 0.4) is 0 Å². The van der Waals surface area contributed by atoms with Crippen LogP contribution in [-0.4, -0.2) is 48.1 Å². The molecule has 2 aromatic rings. The monoisotopic (exact) mass is 365 g/mol. The Hall–Kier alpha value is -1.89. The molecule has 1 saturated heterocycles. The Labute approximate surface area is 152 Å². The number of fused-ring (bicyclic) bond motifs is 1. The number of pyridine rings is 1. The number of hydrogen-bond donors (Lipinski definition) is 2. The Kier molecular flexibility index (Phi) is 6.99. The van der Waals surface area contributed by atoms with Crippen molar-refractivity contribution in [2.45, 2.75) is 25.4 Å². The lowest BCUT2D eigenvalue weighted by Gasteiger charge is -2.32. The van der Waals surface area contributed by atoms with E-state index in [0.717, 1.165) is 24.6 Å². The van der Waals surface area contributed by atoms with Gasteiger partial charge in [0.25, 0.3) is 5.91 Å². The van der Waals surface area contributed by atoms with E-state index >= 15 is 0 Å². The first-order valence-corrected chi connectivity index (χ1v) is 8.42. The molecule has 1 aromatic heterocycles. The Balaban J connectivity index is 0.00000225. The predicted octanol–water partition coefficient (Wildman–Crippen LogP) is 1.92. The summed E-state index contributed by atoms with van der Waals surface area (Å²) in [6.07, 6.45) is 2.68. The van der Waals surface area contributed by atoms with Crippen molar-refractivity contribution in [1.82, 2.24) is 9.88 Å². The molecule has 0 saturated carbocycles. The first-order valence-electron chi connectivity index (χ1n) is 8.42. The van der Waals surface area contributed by atoms with Crippen LogP contribution in [-0.2, 0) is 4.74 Å². The number of para-hydroxylation sites is 1. The van der Waals surface area contributed by atoms with E-state index in [1.54, 1.807) is 0 Å². The number of carbonyl (C=O) groups excluding carboxylic acids is 1. The highest BCUT2D eigenvalue weighted by molar-refractivity contribution is 6.05. The Morgan fingerprint density at radius 2 is 2.00 bits per heavy atom. The second-order valence-electron chi connectivity index (χ2n) is 6.10. The summed E-state index contributed by atoms with van der Waals surface area (Å²) in [4.78, 5) is 29.3. The molecule has 0 radical (unpaired) electrons. The smallest absolute Gasteiger partial charge is 0.254 e. The zero-order valence-electron chi connectivity index (χ0n) is 14.1. The molecule has 1 aliphatic rings. The molecule has 7 heteroatoms. The topological polar surface area (TPSA) is 88.4 Å². The highest BCUT2D eigenvalue weighted by Crippen LogP contribution is 2.20. The quantitative estimate of drug-likeness (QED) is 0.792. The van der Waals surface area contributed by atoms with Gasteiger partial charge in [-0.1, -0.05) is 18.2 Å². The van der Waals surface area contributed by atoms with E-state index in [9.17, 15) is 9.59 Å². The number of aromatic amines is 1. The first kappa shape index (κ1) is 19.4. The molecule has 0 spiro atoms. The molecule has 0 unspecified atom stereocenters. The number of nitrogens with zero attached hydrogens (tertiary/aromatic N) is 1. The number of H-pyrrole nitrogens is 1. The van der Waals surface area contributed by atoms with Crippen LogP contribution >= 0.6 is 12.4 Å². The number of aromatic nitrogens is 1. The van der Waals surface area contributed by atoms with Crippen LogP contribution in [0.5, 0.6) is 0 Å². The van der Waals surface area contributed by atoms with Gasteiger partial charge in [-0.05, 0) is 31.9 Å². The van der Waals surface area contributed by atoms with Gasteiger partial charge in [0.1, 0.15) is 0 Å². The van der Waals surface area contributed by atoms with E-state index in [2.05, 4.69) is 4.98 Å². The molecule has 6 nitrogen and oxygen atoms in total. The summed E-state index contributed by atoms with van der Waals surface area (Å²) in [6, 6.07) is 8.78. The molecule has 1 amide bonds. The molecule has 0 bridgehead atoms. The fourth-order valence-corrected chi connectivity index (χ4v) is 3.11. The van der Waals surface area contributed by atoms with Crippen molar-refractivity contribution in [3.8, 4) is 0 Å². The number of ether oxygens (including phenoxy) is 1. The van der Waals surface area contributed by atoms with Crippen LogP contribution in [0.2, 0.25) is 0 Å². The molecule has 3 N–H and O–H groups in total. The van der Waals surface area contributed by atoms with Gasteiger partial charge >= 0.3 is 0 Å². The van der Waals surface area contributed by atoms with E-state index in [0.29, 0.717) is 37.3 Å². The van der Waals surface area contributed by atoms with Crippen LogP contribution in [0, 0.1) is 0 Å². The Bertz CT molecular complexity index is 769. The number of rotatable bonds is 5. The second kappa shape index (κ2) is 8.99. The summed E-state index contributed by atoms with van der Waals surface area (Å²) in [5.41, 5.74) is 6.37. The molecule has 3 rings (SSSR count). The normalized spacial score (nSPS) is 15.2. The lowest BCUT2D eigenvalue weighted by atomic mass is 10.0. The third-order valence-electron chi connectivity index (χ3n) is 4.41. The van der Waals surface area contributed by atoms with Gasteiger partial charge in [0, 0.05) is 36.7 Å². The van der Waals surface area contributed by atoms with Crippen molar-refractivity contribution in [3.63, 3.8) is 0 Å². The lowest BCUT2D eigenvalue weighted by Crippen LogP contribution is -2.41. The summed E-state index contributed by atoms with van der Waals surface area (Å²) in [6.45, 7) is 2.60. The second-order valence-corrected chi connectivity index (χ2v) is 6.10. The molecule has 1 aliphatic heterocycles. The Morgan fingerprint density at radius 3 is 2.72 bits per heavy atom. The molecular weight excluding hydrogens is 342 g/mol. The number of likely N-dealkylation sites (tertiary alicyclic amines) is 1. The van der Waals surface area contributed by atoms with E-state index in [1.807, 2.05) is 29.2 Å². The third-order valence-corrected chi connectivity index (χ3v) is 4.41. The molecular formula is C18H24ClN3O3. The highest BCUT2D eigenvalue weighted by Gasteiger charge is 2.25. The van der Waals surface area contributed by atoms with Gasteiger partial charge in [-0.25, -0.2) is 0 Å². The summed E-state index contributed by atoms with van der Waals surface area (Å²) in [5.74, 6) is -0.0855. The number of benzene rings is 1. The summed E-state index contributed by atoms with van der Waals surface area (Å²) >= 11 is 0. The van der Waals surface area contributed by atoms with Gasteiger partial charge in [-0.15, -0.1) is 12.4 Å². The minimum Gasteiger partial charge on any atom is -0.378 e. The average molecular weight is 366 g/mol. The van der Waals surface area contributed by atoms with Crippen molar-refractivity contribution < 1.29 is 9.53 Å². The summed E-state index contributed by atoms with van der Waals surface area (Å²) in [5, 5.41) is 0.781. The van der Waals surface area contributed by atoms with Crippen molar-refractivity contribution in [2.75, 3.05) is 26.2 Å². The van der Waals surface area contributed by atoms with Crippen molar-refractivity contribution in [1.29, 1.82) is 0 Å². The maximum absolute atomic E-state index is 12.8. The van der Waals surface area contributed by atoms with E-state index in [4.69, 9.17) is 10.5 Å². The fourth-order valence-electron chi connectivity index (χ4n) is 3.11. The molecule has 1 fully saturated rings. The maximum Gasteiger partial charge on any atom is 0.254 e. The maximum atomic E-state index is 12.8. The minimum absolute atomic E-state index is 0. The number of carbonyl (C=O) groups is 1. The van der Waals surface area contributed by atoms with Crippen molar-refractivity contribution in [3.05, 3.63) is 46.2 Å². The van der Waals surface area contributed by atoms with Crippen LogP contribution in [0.15, 0.2) is 35.1 Å². The van der Waals surface area contributed by atoms with E-state index in [1.165, 1.54) is 6.07 Å². The van der Waals surface area contributed by atoms with Gasteiger partial charge in [0.15, 0.2) is 0 Å². The van der Waals surface area contributed by atoms with E-state index in [-0.39, 0.29) is 30.0 Å². The fraction of sp³-hybridized carbons (Fsp3) is 0.444. The van der Waals surface area contributed by atoms with Crippen molar-refractivity contribution >= 4 is 29.2 Å². The number of piperidine rings is 1. The summed E-state index contributed by atoms with van der Waals surface area (Å²) < 4.78 is 5.77. The van der Waals surface area contributed by atoms with E-state index < -0.39 is 0 Å². The number of amides is 1. The van der Waals surface area contributed by atoms with Crippen molar-refractivity contribution in [2.24, 2.45) is 5.73 Å². The van der Waals surface area contributed by atoms with Gasteiger partial charge in [0.2, 0.25) is 5.56 Å².